The van der Waals surface area contributed by atoms with E-state index in [1.807, 2.05) is 60.7 Å². The maximum absolute atomic E-state index is 13.1. The Kier molecular flexibility index (Phi) is 16.3. The molecule has 2 N–H and O–H groups in total. The minimum atomic E-state index is -3.87. The van der Waals surface area contributed by atoms with Crippen molar-refractivity contribution in [1.29, 1.82) is 0 Å². The van der Waals surface area contributed by atoms with E-state index in [-0.39, 0.29) is 33.0 Å². The number of aromatic amines is 1. The SMILES string of the molecule is CC(=O)OCCOC(OCCOC(C)=O)OC1[C@@H](O)[C@@H](CO[Si](O[Si](C)(C)C)(O[Si](C)(C)C)C(c2ccccc2)c2ccccc2)O[C@H]1n1ccc(=O)[nH]c1=O. The number of aliphatic hydroxyl groups excluding tert-OH is 1. The highest BCUT2D eigenvalue weighted by Gasteiger charge is 2.57. The van der Waals surface area contributed by atoms with Crippen LogP contribution in [0.15, 0.2) is 82.5 Å². The van der Waals surface area contributed by atoms with E-state index in [0.29, 0.717) is 0 Å². The fraction of sp³-hybridized carbons (Fsp3) is 0.514. The monoisotopic (exact) mass is 834 g/mol. The number of hydrogen-bond donors (Lipinski definition) is 2. The molecule has 308 valence electrons. The first-order chi connectivity index (χ1) is 26.4. The van der Waals surface area contributed by atoms with E-state index in [2.05, 4.69) is 44.3 Å². The van der Waals surface area contributed by atoms with Gasteiger partial charge in [-0.3, -0.25) is 23.9 Å². The maximum atomic E-state index is 13.1. The van der Waals surface area contributed by atoms with Crippen LogP contribution in [0.5, 0.6) is 0 Å². The number of aromatic nitrogens is 2. The van der Waals surface area contributed by atoms with Gasteiger partial charge in [-0.1, -0.05) is 60.7 Å². The number of hydrogen-bond acceptors (Lipinski definition) is 14. The summed E-state index contributed by atoms with van der Waals surface area (Å²) in [7, 11) is -8.76. The zero-order chi connectivity index (χ0) is 41.1. The zero-order valence-electron chi connectivity index (χ0n) is 33.1. The van der Waals surface area contributed by atoms with E-state index >= 15 is 0 Å². The molecule has 4 rings (SSSR count). The van der Waals surface area contributed by atoms with Gasteiger partial charge in [0.2, 0.25) is 0 Å². The van der Waals surface area contributed by atoms with Crippen LogP contribution in [0.4, 0.5) is 0 Å². The first kappa shape index (κ1) is 45.1. The molecule has 1 unspecified atom stereocenters. The van der Waals surface area contributed by atoms with Gasteiger partial charge in [-0.05, 0) is 50.4 Å². The van der Waals surface area contributed by atoms with Crippen molar-refractivity contribution in [3.05, 3.63) is 105 Å². The Morgan fingerprint density at radius 1 is 0.786 bits per heavy atom. The summed E-state index contributed by atoms with van der Waals surface area (Å²) in [4.78, 5) is 50.1. The van der Waals surface area contributed by atoms with Gasteiger partial charge >= 0.3 is 26.4 Å². The molecule has 16 nitrogen and oxygen atoms in total. The lowest BCUT2D eigenvalue weighted by atomic mass is 10.0. The fourth-order valence-corrected chi connectivity index (χ4v) is 16.5. The van der Waals surface area contributed by atoms with Gasteiger partial charge in [-0.25, -0.2) is 4.79 Å². The molecule has 0 amide bonds. The first-order valence-electron chi connectivity index (χ1n) is 18.3. The molecule has 0 spiro atoms. The topological polar surface area (TPSA) is 192 Å². The van der Waals surface area contributed by atoms with E-state index in [1.54, 1.807) is 0 Å². The third-order valence-electron chi connectivity index (χ3n) is 7.96. The minimum Gasteiger partial charge on any atom is -0.463 e. The van der Waals surface area contributed by atoms with Crippen LogP contribution in [0.1, 0.15) is 36.7 Å². The highest BCUT2D eigenvalue weighted by atomic mass is 28.5. The Bertz CT molecular complexity index is 1740. The number of aliphatic hydroxyl groups is 1. The molecule has 1 aliphatic rings. The number of esters is 2. The van der Waals surface area contributed by atoms with Gasteiger partial charge in [0, 0.05) is 26.1 Å². The molecule has 4 atom stereocenters. The molecule has 0 aliphatic carbocycles. The fourth-order valence-electron chi connectivity index (χ4n) is 5.99. The number of carbonyl (C=O) groups is 2. The summed E-state index contributed by atoms with van der Waals surface area (Å²) in [6.07, 6.45) is -4.08. The van der Waals surface area contributed by atoms with Crippen molar-refractivity contribution in [2.24, 2.45) is 0 Å². The van der Waals surface area contributed by atoms with Crippen LogP contribution in [0.3, 0.4) is 0 Å². The lowest BCUT2D eigenvalue weighted by Gasteiger charge is -2.44. The largest absolute Gasteiger partial charge is 0.492 e. The van der Waals surface area contributed by atoms with E-state index in [9.17, 15) is 24.3 Å². The van der Waals surface area contributed by atoms with Gasteiger partial charge in [0.05, 0.1) is 25.4 Å². The molecule has 2 heterocycles. The summed E-state index contributed by atoms with van der Waals surface area (Å²) in [6.45, 7) is 12.4. The highest BCUT2D eigenvalue weighted by molar-refractivity contribution is 6.86. The van der Waals surface area contributed by atoms with Crippen molar-refractivity contribution in [1.82, 2.24) is 9.55 Å². The summed E-state index contributed by atoms with van der Waals surface area (Å²) in [5.41, 5.74) is -0.0824. The van der Waals surface area contributed by atoms with E-state index in [4.69, 9.17) is 41.1 Å². The summed E-state index contributed by atoms with van der Waals surface area (Å²) in [6, 6.07) is 20.8. The standard InChI is InChI=1S/C37H54N2O14Si3/c1-26(40)45-21-23-47-37(48-24-22-46-27(2)41)51-33-32(43)30(50-35(33)39-20-19-31(42)38-36(39)44)25-49-56(52-54(3,4)5,53-55(6,7)8)34(28-15-11-9-12-16-28)29-17-13-10-14-18-29/h9-20,30,32-35,37,43H,21-25H2,1-8H3,(H,38,42,44)/t30-,32+,33?,35-/m1/s1. The van der Waals surface area contributed by atoms with Gasteiger partial charge in [0.1, 0.15) is 31.5 Å². The van der Waals surface area contributed by atoms with Crippen molar-refractivity contribution in [3.8, 4) is 0 Å². The molecule has 19 heteroatoms. The Morgan fingerprint density at radius 3 is 1.73 bits per heavy atom. The number of ether oxygens (including phenoxy) is 6. The number of nitrogens with one attached hydrogen (secondary N) is 1. The lowest BCUT2D eigenvalue weighted by molar-refractivity contribution is -0.321. The number of rotatable bonds is 21. The van der Waals surface area contributed by atoms with Gasteiger partial charge in [0.25, 0.3) is 12.0 Å². The van der Waals surface area contributed by atoms with Crippen LogP contribution in [0.25, 0.3) is 0 Å². The second kappa shape index (κ2) is 20.2. The predicted molar refractivity (Wildman–Crippen MR) is 210 cm³/mol. The molecule has 1 aromatic heterocycles. The lowest BCUT2D eigenvalue weighted by Crippen LogP contribution is -2.62. The average molecular weight is 835 g/mol. The summed E-state index contributed by atoms with van der Waals surface area (Å²) in [5, 5.41) is 12.0. The van der Waals surface area contributed by atoms with E-state index < -0.39 is 85.2 Å². The molecular weight excluding hydrogens is 781 g/mol. The molecular formula is C37H54N2O14Si3. The van der Waals surface area contributed by atoms with Crippen LogP contribution in [0, 0.1) is 0 Å². The van der Waals surface area contributed by atoms with Crippen LogP contribution in [-0.4, -0.2) is 110 Å². The molecule has 0 saturated carbocycles. The normalized spacial score (nSPS) is 19.1. The molecule has 1 aliphatic heterocycles. The van der Waals surface area contributed by atoms with Gasteiger partial charge < -0.3 is 46.2 Å². The molecule has 56 heavy (non-hydrogen) atoms. The van der Waals surface area contributed by atoms with Crippen molar-refractivity contribution in [2.75, 3.05) is 33.0 Å². The van der Waals surface area contributed by atoms with Crippen molar-refractivity contribution >= 4 is 37.4 Å². The molecule has 1 saturated heterocycles. The van der Waals surface area contributed by atoms with Crippen molar-refractivity contribution in [3.63, 3.8) is 0 Å². The smallest absolute Gasteiger partial charge is 0.463 e. The Morgan fingerprint density at radius 2 is 1.29 bits per heavy atom. The highest BCUT2D eigenvalue weighted by Crippen LogP contribution is 2.41. The Balaban J connectivity index is 1.75. The van der Waals surface area contributed by atoms with Crippen LogP contribution < -0.4 is 11.2 Å². The average Bonchev–Trinajstić information content (AvgIpc) is 3.40. The number of benzene rings is 2. The van der Waals surface area contributed by atoms with Gasteiger partial charge in [0.15, 0.2) is 22.9 Å². The quantitative estimate of drug-likeness (QED) is 0.0684. The minimum absolute atomic E-state index is 0.142. The maximum Gasteiger partial charge on any atom is 0.492 e. The third kappa shape index (κ3) is 13.5. The van der Waals surface area contributed by atoms with Crippen molar-refractivity contribution < 1.29 is 55.8 Å². The molecule has 0 radical (unpaired) electrons. The number of carbonyl (C=O) groups excluding carboxylic acids is 2. The Labute approximate surface area is 329 Å². The predicted octanol–water partition coefficient (Wildman–Crippen LogP) is 3.65. The van der Waals surface area contributed by atoms with Crippen LogP contribution in [-0.2, 0) is 50.7 Å². The third-order valence-corrected chi connectivity index (χ3v) is 17.1. The van der Waals surface area contributed by atoms with E-state index in [1.165, 1.54) is 20.0 Å². The van der Waals surface area contributed by atoms with Crippen molar-refractivity contribution in [2.45, 2.75) is 89.7 Å². The molecule has 3 aromatic rings. The Hall–Kier alpha value is -3.61. The van der Waals surface area contributed by atoms with Gasteiger partial charge in [-0.2, -0.15) is 0 Å². The summed E-state index contributed by atoms with van der Waals surface area (Å²) < 4.78 is 56.2. The van der Waals surface area contributed by atoms with Crippen LogP contribution >= 0.6 is 0 Å². The van der Waals surface area contributed by atoms with Crippen LogP contribution in [0.2, 0.25) is 39.3 Å². The summed E-state index contributed by atoms with van der Waals surface area (Å²) in [5.74, 6) is -1.06. The number of H-pyrrole nitrogens is 1. The molecule has 0 bridgehead atoms. The van der Waals surface area contributed by atoms with E-state index in [0.717, 1.165) is 21.8 Å². The number of nitrogens with zero attached hydrogens (tertiary/aromatic N) is 1. The second-order valence-corrected chi connectivity index (χ2v) is 27.1. The second-order valence-electron chi connectivity index (χ2n) is 15.0. The molecule has 2 aromatic carbocycles. The summed E-state index contributed by atoms with van der Waals surface area (Å²) >= 11 is 0. The zero-order valence-corrected chi connectivity index (χ0v) is 36.1. The molecule has 1 fully saturated rings. The first-order valence-corrected chi connectivity index (χ1v) is 26.9. The van der Waals surface area contributed by atoms with Gasteiger partial charge in [-0.15, -0.1) is 0 Å².